The van der Waals surface area contributed by atoms with Crippen LogP contribution in [0, 0.1) is 17.6 Å². The molecule has 0 bridgehead atoms. The number of anilines is 1. The Kier molecular flexibility index (Phi) is 4.65. The Morgan fingerprint density at radius 1 is 1.12 bits per heavy atom. The lowest BCUT2D eigenvalue weighted by molar-refractivity contribution is -0.117. The first kappa shape index (κ1) is 16.9. The summed E-state index contributed by atoms with van der Waals surface area (Å²) in [5.74, 6) is -3.14. The average molecular weight is 347 g/mol. The van der Waals surface area contributed by atoms with Crippen LogP contribution in [0.3, 0.4) is 0 Å². The standard InChI is InChI=1S/C18H15F2NO4/c19-14-5-1-10(7-15(14)20)9-25-12-4-6-16(13(8-12)18(23)24)21-17(22)11-2-3-11/h1,4-8,11H,2-3,9H2,(H,21,22)(H,23,24). The number of ether oxygens (including phenoxy) is 1. The highest BCUT2D eigenvalue weighted by Crippen LogP contribution is 2.31. The Morgan fingerprint density at radius 2 is 1.88 bits per heavy atom. The van der Waals surface area contributed by atoms with Crippen molar-refractivity contribution in [3.05, 3.63) is 59.2 Å². The Balaban J connectivity index is 1.73. The van der Waals surface area contributed by atoms with E-state index in [-0.39, 0.29) is 35.4 Å². The number of amides is 1. The van der Waals surface area contributed by atoms with Crippen LogP contribution in [0.5, 0.6) is 5.75 Å². The number of carbonyl (C=O) groups excluding carboxylic acids is 1. The predicted molar refractivity (Wildman–Crippen MR) is 85.4 cm³/mol. The van der Waals surface area contributed by atoms with Crippen molar-refractivity contribution in [1.29, 1.82) is 0 Å². The molecule has 1 fully saturated rings. The average Bonchev–Trinajstić information content (AvgIpc) is 3.41. The summed E-state index contributed by atoms with van der Waals surface area (Å²) in [6.07, 6.45) is 1.62. The van der Waals surface area contributed by atoms with Crippen LogP contribution in [-0.4, -0.2) is 17.0 Å². The van der Waals surface area contributed by atoms with Gasteiger partial charge in [-0.1, -0.05) is 6.07 Å². The third-order valence-corrected chi connectivity index (χ3v) is 3.82. The van der Waals surface area contributed by atoms with Gasteiger partial charge in [0.05, 0.1) is 11.3 Å². The van der Waals surface area contributed by atoms with E-state index in [1.54, 1.807) is 0 Å². The van der Waals surface area contributed by atoms with Gasteiger partial charge in [0.15, 0.2) is 11.6 Å². The van der Waals surface area contributed by atoms with Crippen LogP contribution in [0.25, 0.3) is 0 Å². The van der Waals surface area contributed by atoms with Crippen LogP contribution in [-0.2, 0) is 11.4 Å². The summed E-state index contributed by atoms with van der Waals surface area (Å²) in [5.41, 5.74) is 0.503. The molecule has 1 aliphatic carbocycles. The highest BCUT2D eigenvalue weighted by molar-refractivity contribution is 6.02. The van der Waals surface area contributed by atoms with E-state index in [4.69, 9.17) is 4.74 Å². The van der Waals surface area contributed by atoms with Crippen LogP contribution in [0.2, 0.25) is 0 Å². The van der Waals surface area contributed by atoms with Gasteiger partial charge in [-0.25, -0.2) is 13.6 Å². The molecule has 0 spiro atoms. The maximum absolute atomic E-state index is 13.2. The summed E-state index contributed by atoms with van der Waals surface area (Å²) in [5, 5.41) is 11.9. The van der Waals surface area contributed by atoms with Gasteiger partial charge in [-0.3, -0.25) is 4.79 Å². The Hall–Kier alpha value is -2.96. The van der Waals surface area contributed by atoms with E-state index in [0.717, 1.165) is 25.0 Å². The minimum absolute atomic E-state index is 0.0501. The molecule has 7 heteroatoms. The molecule has 2 aromatic carbocycles. The molecule has 25 heavy (non-hydrogen) atoms. The van der Waals surface area contributed by atoms with Gasteiger partial charge in [0.2, 0.25) is 5.91 Å². The molecule has 1 saturated carbocycles. The molecular formula is C18H15F2NO4. The van der Waals surface area contributed by atoms with Crippen molar-refractivity contribution in [3.8, 4) is 5.75 Å². The molecule has 2 aromatic rings. The number of rotatable bonds is 6. The first-order valence-corrected chi connectivity index (χ1v) is 7.69. The maximum Gasteiger partial charge on any atom is 0.337 e. The van der Waals surface area contributed by atoms with Crippen LogP contribution < -0.4 is 10.1 Å². The lowest BCUT2D eigenvalue weighted by atomic mass is 10.1. The van der Waals surface area contributed by atoms with Crippen molar-refractivity contribution in [2.75, 3.05) is 5.32 Å². The van der Waals surface area contributed by atoms with Crippen LogP contribution >= 0.6 is 0 Å². The van der Waals surface area contributed by atoms with E-state index in [2.05, 4.69) is 5.32 Å². The van der Waals surface area contributed by atoms with Crippen LogP contribution in [0.15, 0.2) is 36.4 Å². The van der Waals surface area contributed by atoms with Crippen molar-refractivity contribution in [3.63, 3.8) is 0 Å². The molecule has 0 saturated heterocycles. The topological polar surface area (TPSA) is 75.6 Å². The molecule has 1 aliphatic rings. The zero-order chi connectivity index (χ0) is 18.0. The number of carboxylic acids is 1. The van der Waals surface area contributed by atoms with Gasteiger partial charge in [-0.15, -0.1) is 0 Å². The molecule has 2 N–H and O–H groups in total. The lowest BCUT2D eigenvalue weighted by Gasteiger charge is -2.11. The number of halogens is 2. The molecule has 0 radical (unpaired) electrons. The summed E-state index contributed by atoms with van der Waals surface area (Å²) in [4.78, 5) is 23.2. The van der Waals surface area contributed by atoms with E-state index in [1.165, 1.54) is 24.3 Å². The van der Waals surface area contributed by atoms with E-state index in [0.29, 0.717) is 5.56 Å². The highest BCUT2D eigenvalue weighted by Gasteiger charge is 2.30. The number of benzene rings is 2. The van der Waals surface area contributed by atoms with Crippen LogP contribution in [0.1, 0.15) is 28.8 Å². The number of aromatic carboxylic acids is 1. The third kappa shape index (κ3) is 4.12. The Bertz CT molecular complexity index is 834. The molecule has 3 rings (SSSR count). The zero-order valence-corrected chi connectivity index (χ0v) is 13.1. The second kappa shape index (κ2) is 6.88. The van der Waals surface area contributed by atoms with Gasteiger partial charge in [0.25, 0.3) is 0 Å². The summed E-state index contributed by atoms with van der Waals surface area (Å²) in [6, 6.07) is 7.62. The van der Waals surface area contributed by atoms with Crippen LogP contribution in [0.4, 0.5) is 14.5 Å². The molecule has 5 nitrogen and oxygen atoms in total. The second-order valence-corrected chi connectivity index (χ2v) is 5.81. The van der Waals surface area contributed by atoms with Crippen molar-refractivity contribution in [1.82, 2.24) is 0 Å². The number of carbonyl (C=O) groups is 2. The largest absolute Gasteiger partial charge is 0.489 e. The molecule has 1 amide bonds. The molecule has 0 aliphatic heterocycles. The van der Waals surface area contributed by atoms with E-state index >= 15 is 0 Å². The maximum atomic E-state index is 13.2. The van der Waals surface area contributed by atoms with Crippen molar-refractivity contribution in [2.45, 2.75) is 19.4 Å². The fourth-order valence-corrected chi connectivity index (χ4v) is 2.28. The summed E-state index contributed by atoms with van der Waals surface area (Å²) >= 11 is 0. The fraction of sp³-hybridized carbons (Fsp3) is 0.222. The van der Waals surface area contributed by atoms with Crippen molar-refractivity contribution in [2.24, 2.45) is 5.92 Å². The van der Waals surface area contributed by atoms with Gasteiger partial charge in [-0.05, 0) is 48.7 Å². The Morgan fingerprint density at radius 3 is 2.52 bits per heavy atom. The number of nitrogens with one attached hydrogen (secondary N) is 1. The molecule has 0 unspecified atom stereocenters. The van der Waals surface area contributed by atoms with Gasteiger partial charge in [0, 0.05) is 5.92 Å². The van der Waals surface area contributed by atoms with Gasteiger partial charge in [-0.2, -0.15) is 0 Å². The number of carboxylic acid groups (broad SMARTS) is 1. The summed E-state index contributed by atoms with van der Waals surface area (Å²) in [6.45, 7) is -0.0515. The number of hydrogen-bond donors (Lipinski definition) is 2. The van der Waals surface area contributed by atoms with Gasteiger partial charge < -0.3 is 15.2 Å². The first-order valence-electron chi connectivity index (χ1n) is 7.69. The van der Waals surface area contributed by atoms with Gasteiger partial charge in [0.1, 0.15) is 12.4 Å². The zero-order valence-electron chi connectivity index (χ0n) is 13.1. The van der Waals surface area contributed by atoms with Crippen molar-refractivity contribution < 1.29 is 28.2 Å². The normalized spacial score (nSPS) is 13.4. The van der Waals surface area contributed by atoms with E-state index in [1.807, 2.05) is 0 Å². The molecule has 0 aromatic heterocycles. The molecule has 0 heterocycles. The van der Waals surface area contributed by atoms with E-state index in [9.17, 15) is 23.5 Å². The van der Waals surface area contributed by atoms with Gasteiger partial charge >= 0.3 is 5.97 Å². The number of hydrogen-bond acceptors (Lipinski definition) is 3. The van der Waals surface area contributed by atoms with Crippen molar-refractivity contribution >= 4 is 17.6 Å². The SMILES string of the molecule is O=C(O)c1cc(OCc2ccc(F)c(F)c2)ccc1NC(=O)C1CC1. The summed E-state index contributed by atoms with van der Waals surface area (Å²) in [7, 11) is 0. The lowest BCUT2D eigenvalue weighted by Crippen LogP contribution is -2.16. The quantitative estimate of drug-likeness (QED) is 0.837. The molecule has 130 valence electrons. The minimum Gasteiger partial charge on any atom is -0.489 e. The second-order valence-electron chi connectivity index (χ2n) is 5.81. The fourth-order valence-electron chi connectivity index (χ4n) is 2.28. The first-order chi connectivity index (χ1) is 11.9. The molecular weight excluding hydrogens is 332 g/mol. The highest BCUT2D eigenvalue weighted by atomic mass is 19.2. The summed E-state index contributed by atoms with van der Waals surface area (Å²) < 4.78 is 31.5. The smallest absolute Gasteiger partial charge is 0.337 e. The van der Waals surface area contributed by atoms with E-state index < -0.39 is 17.6 Å². The molecule has 0 atom stereocenters. The third-order valence-electron chi connectivity index (χ3n) is 3.82. The monoisotopic (exact) mass is 347 g/mol. The Labute approximate surface area is 142 Å². The predicted octanol–water partition coefficient (Wildman–Crippen LogP) is 3.59. The minimum atomic E-state index is -1.20.